The SMILES string of the molecule is CC1=C(C)C(C)[C]([Ti+2]([NH]C(=O)c2ccccc2C(C)(C)C)[SiH](C)C)=C1C.[Cl-].[Cl-]. The predicted octanol–water partition coefficient (Wildman–Crippen LogP) is -0.501. The van der Waals surface area contributed by atoms with Gasteiger partial charge in [0.25, 0.3) is 0 Å². The van der Waals surface area contributed by atoms with Crippen molar-refractivity contribution < 1.29 is 47.0 Å². The summed E-state index contributed by atoms with van der Waals surface area (Å²) in [6.45, 7) is 19.5. The average Bonchev–Trinajstić information content (AvgIpc) is 2.75. The molecule has 0 radical (unpaired) electrons. The summed E-state index contributed by atoms with van der Waals surface area (Å²) in [5.74, 6) is 0.638. The smallest absolute Gasteiger partial charge is 1.00 e. The fraction of sp³-hybridized carbons (Fsp3) is 0.500. The van der Waals surface area contributed by atoms with Crippen molar-refractivity contribution in [2.75, 3.05) is 0 Å². The van der Waals surface area contributed by atoms with E-state index in [1.165, 1.54) is 16.7 Å². The van der Waals surface area contributed by atoms with Crippen LogP contribution in [0.5, 0.6) is 0 Å². The molecule has 2 rings (SSSR count). The first-order valence-corrected chi connectivity index (χ1v) is 16.8. The standard InChI is InChI=1S/C11H15NO.C9H13.C2H7Si.2ClH.Ti/c1-11(2,3)9-7-5-4-6-8(9)10(12)13;1-6-5-7(2)9(4)8(6)3;1-3-2;;;/h4-7H,1-3H3,(H2,12,13);6H,1-4H3;3H,1-2H3;2*1H;/q;;;;;+3/p-3. The summed E-state index contributed by atoms with van der Waals surface area (Å²) in [6.07, 6.45) is 0. The molecule has 0 saturated heterocycles. The molecule has 1 N–H and O–H groups in total. The van der Waals surface area contributed by atoms with Crippen LogP contribution in [0.4, 0.5) is 0 Å². The Bertz CT molecular complexity index is 781. The van der Waals surface area contributed by atoms with Crippen LogP contribution >= 0.6 is 0 Å². The van der Waals surface area contributed by atoms with E-state index in [0.29, 0.717) is 5.92 Å². The van der Waals surface area contributed by atoms with E-state index in [4.69, 9.17) is 0 Å². The summed E-state index contributed by atoms with van der Waals surface area (Å²) in [4.78, 5) is 13.3. The number of amides is 1. The molecule has 1 aromatic rings. The number of nitrogens with one attached hydrogen (secondary N) is 1. The van der Waals surface area contributed by atoms with Crippen molar-refractivity contribution in [1.29, 1.82) is 0 Å². The van der Waals surface area contributed by atoms with Gasteiger partial charge in [0.2, 0.25) is 0 Å². The number of carbonyl (C=O) groups is 1. The quantitative estimate of drug-likeness (QED) is 0.585. The van der Waals surface area contributed by atoms with Crippen LogP contribution < -0.4 is 28.6 Å². The van der Waals surface area contributed by atoms with Crippen molar-refractivity contribution >= 4 is 12.6 Å². The summed E-state index contributed by atoms with van der Waals surface area (Å²) in [5, 5.41) is 0. The summed E-state index contributed by atoms with van der Waals surface area (Å²) in [7, 11) is 0. The van der Waals surface area contributed by atoms with Gasteiger partial charge in [-0.1, -0.05) is 0 Å². The van der Waals surface area contributed by atoms with E-state index in [2.05, 4.69) is 71.4 Å². The Hall–Kier alpha value is -0.319. The largest absolute Gasteiger partial charge is 1.00 e. The monoisotopic (exact) mass is 474 g/mol. The Morgan fingerprint density at radius 2 is 1.57 bits per heavy atom. The molecule has 1 aliphatic carbocycles. The van der Waals surface area contributed by atoms with Crippen molar-refractivity contribution in [2.24, 2.45) is 5.92 Å². The molecule has 1 aliphatic rings. The molecule has 0 fully saturated rings. The van der Waals surface area contributed by atoms with Gasteiger partial charge in [0.05, 0.1) is 0 Å². The van der Waals surface area contributed by atoms with Crippen LogP contribution in [0, 0.1) is 5.92 Å². The van der Waals surface area contributed by atoms with Gasteiger partial charge in [-0.05, 0) is 0 Å². The van der Waals surface area contributed by atoms with Gasteiger partial charge in [0.15, 0.2) is 0 Å². The Morgan fingerprint density at radius 3 is 2.00 bits per heavy atom. The van der Waals surface area contributed by atoms with Crippen molar-refractivity contribution in [2.45, 2.75) is 67.0 Å². The zero-order valence-corrected chi connectivity index (χ0v) is 22.9. The number of hydrogen-bond donors (Lipinski definition) is 1. The minimum atomic E-state index is -1.81. The third-order valence-electron chi connectivity index (χ3n) is 5.74. The van der Waals surface area contributed by atoms with E-state index in [1.807, 2.05) is 18.2 Å². The van der Waals surface area contributed by atoms with E-state index < -0.39 is 24.0 Å². The number of rotatable bonds is 4. The summed E-state index contributed by atoms with van der Waals surface area (Å²) in [5.41, 5.74) is 6.34. The first-order chi connectivity index (χ1) is 12.0. The van der Waals surface area contributed by atoms with Crippen LogP contribution in [0.3, 0.4) is 0 Å². The van der Waals surface area contributed by atoms with Crippen LogP contribution in [0.2, 0.25) is 13.1 Å². The van der Waals surface area contributed by atoms with Gasteiger partial charge in [-0.2, -0.15) is 0 Å². The Morgan fingerprint density at radius 1 is 1.04 bits per heavy atom. The number of benzene rings is 1. The first kappa shape index (κ1) is 27.7. The maximum Gasteiger partial charge on any atom is -1.00 e. The molecule has 2 nitrogen and oxygen atoms in total. The van der Waals surface area contributed by atoms with Gasteiger partial charge >= 0.3 is 167 Å². The fourth-order valence-electron chi connectivity index (χ4n) is 3.85. The van der Waals surface area contributed by atoms with Crippen molar-refractivity contribution in [3.05, 3.63) is 56.0 Å². The molecular formula is C22H34Cl2NOSiTi. The van der Waals surface area contributed by atoms with Crippen molar-refractivity contribution in [1.82, 2.24) is 3.80 Å². The first-order valence-electron chi connectivity index (χ1n) is 9.63. The molecule has 1 atom stereocenters. The molecular weight excluding hydrogens is 441 g/mol. The zero-order chi connectivity index (χ0) is 19.8. The molecule has 0 heterocycles. The molecule has 0 saturated carbocycles. The maximum atomic E-state index is 13.3. The van der Waals surface area contributed by atoms with E-state index in [0.717, 1.165) is 11.1 Å². The Kier molecular flexibility index (Phi) is 10.5. The Balaban J connectivity index is 0.00000364. The summed E-state index contributed by atoms with van der Waals surface area (Å²) < 4.78 is 5.19. The molecule has 1 aromatic carbocycles. The summed E-state index contributed by atoms with van der Waals surface area (Å²) in [6, 6.07) is 8.10. The van der Waals surface area contributed by atoms with Gasteiger partial charge in [0, 0.05) is 0 Å². The molecule has 0 aromatic heterocycles. The van der Waals surface area contributed by atoms with Gasteiger partial charge in [0.1, 0.15) is 0 Å². The van der Waals surface area contributed by atoms with Crippen LogP contribution in [0.1, 0.15) is 64.4 Å². The van der Waals surface area contributed by atoms with E-state index in [1.54, 1.807) is 3.88 Å². The van der Waals surface area contributed by atoms with Crippen LogP contribution in [-0.2, 0) is 22.8 Å². The minimum absolute atomic E-state index is 0. The third-order valence-corrected chi connectivity index (χ3v) is 17.1. The normalized spacial score (nSPS) is 16.7. The molecule has 155 valence electrons. The fourth-order valence-corrected chi connectivity index (χ4v) is 14.3. The molecule has 0 spiro atoms. The molecule has 0 bridgehead atoms. The second-order valence-corrected chi connectivity index (χ2v) is 21.5. The van der Waals surface area contributed by atoms with Crippen LogP contribution in [0.15, 0.2) is 44.9 Å². The Labute approximate surface area is 191 Å². The van der Waals surface area contributed by atoms with E-state index >= 15 is 0 Å². The third kappa shape index (κ3) is 5.64. The van der Waals surface area contributed by atoms with Crippen molar-refractivity contribution in [3.8, 4) is 0 Å². The minimum Gasteiger partial charge on any atom is -1.00 e. The second kappa shape index (κ2) is 10.6. The number of hydrogen-bond acceptors (Lipinski definition) is 1. The molecule has 1 unspecified atom stereocenters. The van der Waals surface area contributed by atoms with Crippen LogP contribution in [-0.4, -0.2) is 12.6 Å². The van der Waals surface area contributed by atoms with Gasteiger partial charge < -0.3 is 24.8 Å². The van der Waals surface area contributed by atoms with Crippen LogP contribution in [0.25, 0.3) is 0 Å². The number of carbonyl (C=O) groups excluding carboxylic acids is 1. The average molecular weight is 475 g/mol. The van der Waals surface area contributed by atoms with E-state index in [9.17, 15) is 4.79 Å². The molecule has 1 amide bonds. The molecule has 0 aliphatic heterocycles. The summed E-state index contributed by atoms with van der Waals surface area (Å²) >= 11 is -1.81. The van der Waals surface area contributed by atoms with Gasteiger partial charge in [-0.3, -0.25) is 0 Å². The second-order valence-electron chi connectivity index (χ2n) is 8.89. The number of allylic oxidation sites excluding steroid dienone is 4. The van der Waals surface area contributed by atoms with E-state index in [-0.39, 0.29) is 36.1 Å². The van der Waals surface area contributed by atoms with Gasteiger partial charge in [-0.25, -0.2) is 0 Å². The topological polar surface area (TPSA) is 29.1 Å². The molecule has 6 heteroatoms. The van der Waals surface area contributed by atoms with Gasteiger partial charge in [-0.15, -0.1) is 0 Å². The number of halogens is 2. The maximum absolute atomic E-state index is 13.3. The van der Waals surface area contributed by atoms with Crippen molar-refractivity contribution in [3.63, 3.8) is 0 Å². The molecule has 28 heavy (non-hydrogen) atoms. The zero-order valence-electron chi connectivity index (χ0n) is 18.6. The predicted molar refractivity (Wildman–Crippen MR) is 112 cm³/mol.